The fourth-order valence-electron chi connectivity index (χ4n) is 2.19. The highest BCUT2D eigenvalue weighted by Gasteiger charge is 2.06. The third-order valence-corrected chi connectivity index (χ3v) is 3.90. The molecule has 6 heteroatoms. The number of amides is 2. The van der Waals surface area contributed by atoms with E-state index >= 15 is 0 Å². The molecule has 0 saturated heterocycles. The molecule has 0 aliphatic rings. The van der Waals surface area contributed by atoms with E-state index in [0.29, 0.717) is 10.7 Å². The number of rotatable bonds is 7. The Kier molecular flexibility index (Phi) is 7.24. The zero-order chi connectivity index (χ0) is 18.9. The van der Waals surface area contributed by atoms with E-state index in [-0.39, 0.29) is 24.8 Å². The molecule has 0 aromatic heterocycles. The van der Waals surface area contributed by atoms with E-state index in [9.17, 15) is 9.59 Å². The molecular weight excluding hydrogens is 352 g/mol. The Labute approximate surface area is 158 Å². The molecule has 0 saturated carbocycles. The van der Waals surface area contributed by atoms with Crippen LogP contribution in [0.4, 0.5) is 5.69 Å². The van der Waals surface area contributed by atoms with E-state index in [4.69, 9.17) is 16.3 Å². The molecule has 5 nitrogen and oxygen atoms in total. The van der Waals surface area contributed by atoms with Crippen LogP contribution in [-0.2, 0) is 9.59 Å². The standard InChI is InChI=1S/C20H21ClN2O3/c1-14-3-7-16(21)13-18(14)23-20(25)11-12-22-19(24)10-6-15-4-8-17(26-2)9-5-15/h3-10,13H,11-12H2,1-2H3,(H,22,24)(H,23,25)/b10-6+. The van der Waals surface area contributed by atoms with Gasteiger partial charge in [-0.2, -0.15) is 0 Å². The summed E-state index contributed by atoms with van der Waals surface area (Å²) in [6.45, 7) is 2.13. The van der Waals surface area contributed by atoms with Gasteiger partial charge in [-0.05, 0) is 48.4 Å². The maximum absolute atomic E-state index is 12.0. The van der Waals surface area contributed by atoms with Gasteiger partial charge in [-0.25, -0.2) is 0 Å². The van der Waals surface area contributed by atoms with Gasteiger partial charge in [0, 0.05) is 29.8 Å². The topological polar surface area (TPSA) is 67.4 Å². The molecule has 0 unspecified atom stereocenters. The van der Waals surface area contributed by atoms with Gasteiger partial charge in [0.25, 0.3) is 0 Å². The van der Waals surface area contributed by atoms with E-state index in [1.807, 2.05) is 37.3 Å². The fourth-order valence-corrected chi connectivity index (χ4v) is 2.36. The minimum absolute atomic E-state index is 0.175. The Morgan fingerprint density at radius 3 is 2.58 bits per heavy atom. The third-order valence-electron chi connectivity index (χ3n) is 3.67. The van der Waals surface area contributed by atoms with Gasteiger partial charge in [0.15, 0.2) is 0 Å². The number of carbonyl (C=O) groups excluding carboxylic acids is 2. The van der Waals surface area contributed by atoms with Crippen molar-refractivity contribution in [3.63, 3.8) is 0 Å². The van der Waals surface area contributed by atoms with Crippen molar-refractivity contribution in [2.75, 3.05) is 19.0 Å². The van der Waals surface area contributed by atoms with Gasteiger partial charge in [-0.15, -0.1) is 0 Å². The molecule has 0 atom stereocenters. The van der Waals surface area contributed by atoms with Crippen molar-refractivity contribution in [3.05, 3.63) is 64.7 Å². The first-order valence-electron chi connectivity index (χ1n) is 8.14. The number of benzene rings is 2. The average Bonchev–Trinajstić information content (AvgIpc) is 2.63. The van der Waals surface area contributed by atoms with Crippen molar-refractivity contribution in [2.24, 2.45) is 0 Å². The van der Waals surface area contributed by atoms with Crippen LogP contribution in [0, 0.1) is 6.92 Å². The number of anilines is 1. The van der Waals surface area contributed by atoms with Gasteiger partial charge < -0.3 is 15.4 Å². The lowest BCUT2D eigenvalue weighted by Crippen LogP contribution is -2.26. The predicted molar refractivity (Wildman–Crippen MR) is 104 cm³/mol. The van der Waals surface area contributed by atoms with Crippen molar-refractivity contribution in [1.29, 1.82) is 0 Å². The summed E-state index contributed by atoms with van der Waals surface area (Å²) in [6.07, 6.45) is 3.30. The molecule has 0 heterocycles. The summed E-state index contributed by atoms with van der Waals surface area (Å²) in [7, 11) is 1.60. The van der Waals surface area contributed by atoms with Gasteiger partial charge in [-0.3, -0.25) is 9.59 Å². The fraction of sp³-hybridized carbons (Fsp3) is 0.200. The second-order valence-electron chi connectivity index (χ2n) is 5.65. The number of carbonyl (C=O) groups is 2. The summed E-state index contributed by atoms with van der Waals surface area (Å²) in [4.78, 5) is 23.8. The molecule has 2 amide bonds. The van der Waals surface area contributed by atoms with Crippen LogP contribution in [0.5, 0.6) is 5.75 Å². The highest BCUT2D eigenvalue weighted by molar-refractivity contribution is 6.31. The molecule has 0 aliphatic carbocycles. The Hall–Kier alpha value is -2.79. The minimum atomic E-state index is -0.257. The highest BCUT2D eigenvalue weighted by atomic mass is 35.5. The van der Waals surface area contributed by atoms with Crippen LogP contribution in [0.15, 0.2) is 48.5 Å². The summed E-state index contributed by atoms with van der Waals surface area (Å²) in [6, 6.07) is 12.6. The molecule has 0 fully saturated rings. The van der Waals surface area contributed by atoms with Gasteiger partial charge >= 0.3 is 0 Å². The highest BCUT2D eigenvalue weighted by Crippen LogP contribution is 2.20. The Morgan fingerprint density at radius 2 is 1.88 bits per heavy atom. The summed E-state index contributed by atoms with van der Waals surface area (Å²) in [5, 5.41) is 6.03. The summed E-state index contributed by atoms with van der Waals surface area (Å²) in [5.74, 6) is 0.315. The number of methoxy groups -OCH3 is 1. The summed E-state index contributed by atoms with van der Waals surface area (Å²) in [5.41, 5.74) is 2.48. The molecule has 0 spiro atoms. The second kappa shape index (κ2) is 9.63. The molecule has 2 N–H and O–H groups in total. The largest absolute Gasteiger partial charge is 0.497 e. The van der Waals surface area contributed by atoms with E-state index in [0.717, 1.165) is 16.9 Å². The van der Waals surface area contributed by atoms with Crippen molar-refractivity contribution in [2.45, 2.75) is 13.3 Å². The SMILES string of the molecule is COc1ccc(/C=C/C(=O)NCCC(=O)Nc2cc(Cl)ccc2C)cc1. The van der Waals surface area contributed by atoms with Crippen LogP contribution in [0.1, 0.15) is 17.5 Å². The number of hydrogen-bond acceptors (Lipinski definition) is 3. The zero-order valence-electron chi connectivity index (χ0n) is 14.7. The third kappa shape index (κ3) is 6.26. The Balaban J connectivity index is 1.75. The first-order chi connectivity index (χ1) is 12.5. The quantitative estimate of drug-likeness (QED) is 0.726. The Morgan fingerprint density at radius 1 is 1.15 bits per heavy atom. The van der Waals surface area contributed by atoms with E-state index < -0.39 is 0 Å². The number of aryl methyl sites for hydroxylation is 1. The van der Waals surface area contributed by atoms with Crippen LogP contribution < -0.4 is 15.4 Å². The van der Waals surface area contributed by atoms with Crippen molar-refractivity contribution in [1.82, 2.24) is 5.32 Å². The minimum Gasteiger partial charge on any atom is -0.497 e. The van der Waals surface area contributed by atoms with Crippen molar-refractivity contribution < 1.29 is 14.3 Å². The zero-order valence-corrected chi connectivity index (χ0v) is 15.5. The number of hydrogen-bond donors (Lipinski definition) is 2. The normalized spacial score (nSPS) is 10.6. The average molecular weight is 373 g/mol. The maximum Gasteiger partial charge on any atom is 0.244 e. The van der Waals surface area contributed by atoms with Crippen LogP contribution in [-0.4, -0.2) is 25.5 Å². The van der Waals surface area contributed by atoms with Gasteiger partial charge in [0.05, 0.1) is 7.11 Å². The molecule has 2 aromatic carbocycles. The van der Waals surface area contributed by atoms with E-state index in [1.54, 1.807) is 25.3 Å². The molecule has 0 aliphatic heterocycles. The Bertz CT molecular complexity index is 801. The lowest BCUT2D eigenvalue weighted by molar-refractivity contribution is -0.117. The maximum atomic E-state index is 12.0. The van der Waals surface area contributed by atoms with Gasteiger partial charge in [0.1, 0.15) is 5.75 Å². The summed E-state index contributed by atoms with van der Waals surface area (Å²) < 4.78 is 5.08. The van der Waals surface area contributed by atoms with Crippen LogP contribution >= 0.6 is 11.6 Å². The monoisotopic (exact) mass is 372 g/mol. The number of nitrogens with one attached hydrogen (secondary N) is 2. The molecule has 0 radical (unpaired) electrons. The molecule has 26 heavy (non-hydrogen) atoms. The molecule has 2 rings (SSSR count). The lowest BCUT2D eigenvalue weighted by atomic mass is 10.2. The molecular formula is C20H21ClN2O3. The van der Waals surface area contributed by atoms with Crippen LogP contribution in [0.2, 0.25) is 5.02 Å². The number of ether oxygens (including phenoxy) is 1. The predicted octanol–water partition coefficient (Wildman–Crippen LogP) is 3.82. The van der Waals surface area contributed by atoms with Crippen molar-refractivity contribution >= 4 is 35.2 Å². The van der Waals surface area contributed by atoms with E-state index in [1.165, 1.54) is 6.08 Å². The lowest BCUT2D eigenvalue weighted by Gasteiger charge is -2.09. The second-order valence-corrected chi connectivity index (χ2v) is 6.09. The van der Waals surface area contributed by atoms with Crippen LogP contribution in [0.25, 0.3) is 6.08 Å². The molecule has 0 bridgehead atoms. The smallest absolute Gasteiger partial charge is 0.244 e. The van der Waals surface area contributed by atoms with Crippen molar-refractivity contribution in [3.8, 4) is 5.75 Å². The van der Waals surface area contributed by atoms with Crippen LogP contribution in [0.3, 0.4) is 0 Å². The van der Waals surface area contributed by atoms with Gasteiger partial charge in [0.2, 0.25) is 11.8 Å². The number of halogens is 1. The first-order valence-corrected chi connectivity index (χ1v) is 8.51. The molecule has 136 valence electrons. The summed E-state index contributed by atoms with van der Waals surface area (Å²) >= 11 is 5.93. The first kappa shape index (κ1) is 19.5. The van der Waals surface area contributed by atoms with E-state index in [2.05, 4.69) is 10.6 Å². The molecule has 2 aromatic rings. The van der Waals surface area contributed by atoms with Gasteiger partial charge in [-0.1, -0.05) is 29.8 Å².